The predicted molar refractivity (Wildman–Crippen MR) is 243 cm³/mol. The fourth-order valence-electron chi connectivity index (χ4n) is 8.93. The summed E-state index contributed by atoms with van der Waals surface area (Å²) in [6.07, 6.45) is 0. The summed E-state index contributed by atoms with van der Waals surface area (Å²) in [4.78, 5) is 20.5. The normalized spacial score (nSPS) is 12.7. The summed E-state index contributed by atoms with van der Waals surface area (Å²) in [5.74, 6) is 1.89. The summed E-state index contributed by atoms with van der Waals surface area (Å²) in [5, 5.41) is 3.41. The first kappa shape index (κ1) is 34.7. The molecule has 2 heterocycles. The number of hydrogen-bond donors (Lipinski definition) is 0. The first-order valence-corrected chi connectivity index (χ1v) is 20.1. The van der Waals surface area contributed by atoms with Crippen molar-refractivity contribution in [2.75, 3.05) is 0 Å². The maximum atomic E-state index is 5.17. The zero-order chi connectivity index (χ0) is 39.5. The van der Waals surface area contributed by atoms with Crippen LogP contribution in [0, 0.1) is 0 Å². The SMILES string of the molecule is CC1(C)c2ccccc2-c2ccc(-c3ccc(-c4nc(-c5ccccc5)nc(-c5cccc(-c6cccc7c(-c8ccccc8)nc8ccccc8c67)c5)n4)cc3)cc21. The van der Waals surface area contributed by atoms with E-state index >= 15 is 0 Å². The molecule has 4 nitrogen and oxygen atoms in total. The Hall–Kier alpha value is -7.56. The van der Waals surface area contributed by atoms with Crippen LogP contribution in [0.3, 0.4) is 0 Å². The van der Waals surface area contributed by atoms with Gasteiger partial charge in [-0.2, -0.15) is 0 Å². The lowest BCUT2D eigenvalue weighted by molar-refractivity contribution is 0.660. The van der Waals surface area contributed by atoms with E-state index in [1.54, 1.807) is 0 Å². The molecule has 1 aliphatic carbocycles. The summed E-state index contributed by atoms with van der Waals surface area (Å²) in [5.41, 5.74) is 15.7. The smallest absolute Gasteiger partial charge is 0.164 e. The molecule has 59 heavy (non-hydrogen) atoms. The van der Waals surface area contributed by atoms with Crippen molar-refractivity contribution in [2.24, 2.45) is 0 Å². The Kier molecular flexibility index (Phi) is 8.12. The number of aromatic nitrogens is 4. The number of benzene rings is 8. The van der Waals surface area contributed by atoms with Gasteiger partial charge in [0.2, 0.25) is 0 Å². The van der Waals surface area contributed by atoms with Crippen molar-refractivity contribution in [3.05, 3.63) is 205 Å². The van der Waals surface area contributed by atoms with Crippen LogP contribution in [-0.2, 0) is 5.41 Å². The van der Waals surface area contributed by atoms with Gasteiger partial charge in [0.15, 0.2) is 17.5 Å². The van der Waals surface area contributed by atoms with Crippen molar-refractivity contribution >= 4 is 21.7 Å². The van der Waals surface area contributed by atoms with Crippen LogP contribution in [-0.4, -0.2) is 19.9 Å². The first-order chi connectivity index (χ1) is 29.0. The molecule has 11 rings (SSSR count). The van der Waals surface area contributed by atoms with Crippen LogP contribution >= 0.6 is 0 Å². The van der Waals surface area contributed by atoms with Crippen molar-refractivity contribution in [3.8, 4) is 78.8 Å². The van der Waals surface area contributed by atoms with Crippen molar-refractivity contribution < 1.29 is 0 Å². The third kappa shape index (κ3) is 5.92. The molecule has 0 radical (unpaired) electrons. The quantitative estimate of drug-likeness (QED) is 0.159. The van der Waals surface area contributed by atoms with Crippen molar-refractivity contribution in [1.29, 1.82) is 0 Å². The van der Waals surface area contributed by atoms with E-state index in [4.69, 9.17) is 19.9 Å². The third-order valence-electron chi connectivity index (χ3n) is 11.9. The van der Waals surface area contributed by atoms with E-state index in [0.717, 1.165) is 60.9 Å². The monoisotopic (exact) mass is 754 g/mol. The molecule has 0 spiro atoms. The highest BCUT2D eigenvalue weighted by molar-refractivity contribution is 6.17. The largest absolute Gasteiger partial charge is 0.247 e. The van der Waals surface area contributed by atoms with Gasteiger partial charge in [0, 0.05) is 43.8 Å². The van der Waals surface area contributed by atoms with Gasteiger partial charge in [-0.1, -0.05) is 190 Å². The lowest BCUT2D eigenvalue weighted by Crippen LogP contribution is -2.14. The zero-order valence-electron chi connectivity index (χ0n) is 32.8. The van der Waals surface area contributed by atoms with Crippen LogP contribution in [0.5, 0.6) is 0 Å². The molecule has 0 atom stereocenters. The second kappa shape index (κ2) is 13.8. The van der Waals surface area contributed by atoms with Crippen molar-refractivity contribution in [3.63, 3.8) is 0 Å². The highest BCUT2D eigenvalue weighted by atomic mass is 15.0. The minimum atomic E-state index is -0.0575. The molecule has 0 aliphatic heterocycles. The fraction of sp³-hybridized carbons (Fsp3) is 0.0545. The average molecular weight is 755 g/mol. The van der Waals surface area contributed by atoms with E-state index in [0.29, 0.717) is 17.5 Å². The molecule has 1 aliphatic rings. The van der Waals surface area contributed by atoms with Crippen LogP contribution in [0.4, 0.5) is 0 Å². The summed E-state index contributed by atoms with van der Waals surface area (Å²) < 4.78 is 0. The Balaban J connectivity index is 1.01. The molecule has 4 heteroatoms. The molecule has 10 aromatic rings. The molecule has 0 unspecified atom stereocenters. The summed E-state index contributed by atoms with van der Waals surface area (Å²) in [6.45, 7) is 4.65. The van der Waals surface area contributed by atoms with E-state index in [9.17, 15) is 0 Å². The Bertz CT molecular complexity index is 3220. The molecule has 278 valence electrons. The molecule has 8 aromatic carbocycles. The van der Waals surface area contributed by atoms with Crippen molar-refractivity contribution in [2.45, 2.75) is 19.3 Å². The minimum absolute atomic E-state index is 0.0575. The molecule has 0 amide bonds. The molecule has 0 saturated carbocycles. The lowest BCUT2D eigenvalue weighted by atomic mass is 9.81. The standard InChI is InChI=1S/C55H38N4/c1-55(2)47-25-11-9-21-43(47)44-32-31-39(34-48(44)55)35-27-29-38(30-28-35)53-57-52(37-17-7-4-8-18-37)58-54(59-53)41-20-13-19-40(33-41)42-23-14-24-46-50(42)45-22-10-12-26-49(45)56-51(46)36-15-5-3-6-16-36/h3-34H,1-2H3. The second-order valence-corrected chi connectivity index (χ2v) is 15.8. The number of rotatable bonds is 6. The maximum absolute atomic E-state index is 5.17. The molecular weight excluding hydrogens is 717 g/mol. The Morgan fingerprint density at radius 1 is 0.322 bits per heavy atom. The highest BCUT2D eigenvalue weighted by Crippen LogP contribution is 2.49. The molecular formula is C55H38N4. The number of fused-ring (bicyclic) bond motifs is 6. The molecule has 2 aromatic heterocycles. The highest BCUT2D eigenvalue weighted by Gasteiger charge is 2.35. The summed E-state index contributed by atoms with van der Waals surface area (Å²) in [6, 6.07) is 68.4. The Morgan fingerprint density at radius 2 is 0.847 bits per heavy atom. The van der Waals surface area contributed by atoms with E-state index in [-0.39, 0.29) is 5.41 Å². The van der Waals surface area contributed by atoms with Gasteiger partial charge in [0.25, 0.3) is 0 Å². The first-order valence-electron chi connectivity index (χ1n) is 20.1. The van der Waals surface area contributed by atoms with Gasteiger partial charge >= 0.3 is 0 Å². The number of para-hydroxylation sites is 1. The number of pyridine rings is 1. The lowest BCUT2D eigenvalue weighted by Gasteiger charge is -2.22. The topological polar surface area (TPSA) is 51.6 Å². The van der Waals surface area contributed by atoms with Gasteiger partial charge in [-0.05, 0) is 62.7 Å². The van der Waals surface area contributed by atoms with Gasteiger partial charge in [0.1, 0.15) is 0 Å². The predicted octanol–water partition coefficient (Wildman–Crippen LogP) is 13.9. The van der Waals surface area contributed by atoms with E-state index in [1.165, 1.54) is 33.2 Å². The molecule has 0 N–H and O–H groups in total. The van der Waals surface area contributed by atoms with Crippen LogP contribution in [0.1, 0.15) is 25.0 Å². The second-order valence-electron chi connectivity index (χ2n) is 15.8. The number of hydrogen-bond acceptors (Lipinski definition) is 4. The van der Waals surface area contributed by atoms with Gasteiger partial charge in [-0.15, -0.1) is 0 Å². The zero-order valence-corrected chi connectivity index (χ0v) is 32.8. The Morgan fingerprint density at radius 3 is 1.63 bits per heavy atom. The fourth-order valence-corrected chi connectivity index (χ4v) is 8.93. The van der Waals surface area contributed by atoms with Crippen LogP contribution in [0.2, 0.25) is 0 Å². The average Bonchev–Trinajstić information content (AvgIpc) is 3.54. The van der Waals surface area contributed by atoms with Gasteiger partial charge in [-0.3, -0.25) is 0 Å². The van der Waals surface area contributed by atoms with Crippen molar-refractivity contribution in [1.82, 2.24) is 19.9 Å². The van der Waals surface area contributed by atoms with Gasteiger partial charge < -0.3 is 0 Å². The van der Waals surface area contributed by atoms with E-state index < -0.39 is 0 Å². The summed E-state index contributed by atoms with van der Waals surface area (Å²) >= 11 is 0. The van der Waals surface area contributed by atoms with Crippen LogP contribution in [0.15, 0.2) is 194 Å². The number of nitrogens with zero attached hydrogens (tertiary/aromatic N) is 4. The van der Waals surface area contributed by atoms with Gasteiger partial charge in [-0.25, -0.2) is 19.9 Å². The van der Waals surface area contributed by atoms with E-state index in [1.807, 2.05) is 24.3 Å². The maximum Gasteiger partial charge on any atom is 0.164 e. The van der Waals surface area contributed by atoms with Gasteiger partial charge in [0.05, 0.1) is 11.2 Å². The molecule has 0 bridgehead atoms. The summed E-state index contributed by atoms with van der Waals surface area (Å²) in [7, 11) is 0. The third-order valence-corrected chi connectivity index (χ3v) is 11.9. The van der Waals surface area contributed by atoms with Crippen LogP contribution < -0.4 is 0 Å². The van der Waals surface area contributed by atoms with Crippen LogP contribution in [0.25, 0.3) is 100 Å². The molecule has 0 fully saturated rings. The Labute approximate surface area is 343 Å². The van der Waals surface area contributed by atoms with E-state index in [2.05, 4.69) is 184 Å². The minimum Gasteiger partial charge on any atom is -0.247 e. The molecule has 0 saturated heterocycles.